The normalized spacial score (nSPS) is 9.40. The van der Waals surface area contributed by atoms with Gasteiger partial charge in [-0.15, -0.1) is 0 Å². The molecule has 0 atom stereocenters. The Bertz CT molecular complexity index is 379. The fraction of sp³-hybridized carbons (Fsp3) is 0.167. The summed E-state index contributed by atoms with van der Waals surface area (Å²) in [5, 5.41) is 2.63. The lowest BCUT2D eigenvalue weighted by Crippen LogP contribution is -2.14. The van der Waals surface area contributed by atoms with Crippen molar-refractivity contribution in [3.05, 3.63) is 36.4 Å². The first kappa shape index (κ1) is 11.2. The van der Waals surface area contributed by atoms with Gasteiger partial charge in [0.25, 0.3) is 0 Å². The Morgan fingerprint density at radius 1 is 1.33 bits per heavy atom. The van der Waals surface area contributed by atoms with Crippen LogP contribution in [0.5, 0.6) is 0 Å². The average Bonchev–Trinajstić information content (AvgIpc) is 2.17. The lowest BCUT2D eigenvalue weighted by Gasteiger charge is -2.03. The number of carbonyl (C=O) groups excluding carboxylic acids is 2. The fourth-order valence-corrected chi connectivity index (χ4v) is 1.13. The van der Waals surface area contributed by atoms with Gasteiger partial charge in [-0.2, -0.15) is 0 Å². The molecular formula is C12H13NO2. The second kappa shape index (κ2) is 5.10. The van der Waals surface area contributed by atoms with Crippen LogP contribution in [0.15, 0.2) is 30.8 Å². The zero-order valence-corrected chi connectivity index (χ0v) is 8.62. The number of anilines is 1. The summed E-state index contributed by atoms with van der Waals surface area (Å²) < 4.78 is 0. The van der Waals surface area contributed by atoms with Crippen LogP contribution in [0.1, 0.15) is 18.9 Å². The Balaban J connectivity index is 2.61. The minimum Gasteiger partial charge on any atom is -0.326 e. The van der Waals surface area contributed by atoms with E-state index in [2.05, 4.69) is 11.9 Å². The monoisotopic (exact) mass is 203 g/mol. The van der Waals surface area contributed by atoms with Crippen molar-refractivity contribution in [2.24, 2.45) is 0 Å². The highest BCUT2D eigenvalue weighted by Crippen LogP contribution is 2.10. The summed E-state index contributed by atoms with van der Waals surface area (Å²) in [6, 6.07) is 7.23. The predicted molar refractivity (Wildman–Crippen MR) is 60.5 cm³/mol. The second-order valence-corrected chi connectivity index (χ2v) is 3.25. The molecule has 0 aliphatic heterocycles. The van der Waals surface area contributed by atoms with Crippen molar-refractivity contribution in [1.29, 1.82) is 0 Å². The minimum absolute atomic E-state index is 0.0801. The van der Waals surface area contributed by atoms with Gasteiger partial charge >= 0.3 is 0 Å². The third-order valence-corrected chi connectivity index (χ3v) is 1.84. The van der Waals surface area contributed by atoms with Crippen molar-refractivity contribution in [3.8, 4) is 0 Å². The maximum Gasteiger partial charge on any atom is 0.231 e. The van der Waals surface area contributed by atoms with Crippen LogP contribution < -0.4 is 5.32 Å². The van der Waals surface area contributed by atoms with E-state index in [1.54, 1.807) is 18.2 Å². The predicted octanol–water partition coefficient (Wildman–Crippen LogP) is 2.25. The highest BCUT2D eigenvalue weighted by atomic mass is 16.2. The first-order valence-electron chi connectivity index (χ1n) is 4.63. The van der Waals surface area contributed by atoms with Crippen molar-refractivity contribution >= 4 is 23.5 Å². The molecular weight excluding hydrogens is 190 g/mol. The maximum absolute atomic E-state index is 11.2. The summed E-state index contributed by atoms with van der Waals surface area (Å²) in [6.07, 6.45) is 1.64. The van der Waals surface area contributed by atoms with Crippen molar-refractivity contribution in [2.45, 2.75) is 13.3 Å². The van der Waals surface area contributed by atoms with Gasteiger partial charge in [0.05, 0.1) is 6.42 Å². The van der Waals surface area contributed by atoms with Gasteiger partial charge < -0.3 is 5.32 Å². The van der Waals surface area contributed by atoms with Gasteiger partial charge in [-0.05, 0) is 24.6 Å². The molecule has 0 heterocycles. The third-order valence-electron chi connectivity index (χ3n) is 1.84. The van der Waals surface area contributed by atoms with Crippen LogP contribution in [0, 0.1) is 0 Å². The molecule has 0 aromatic heterocycles. The number of carbonyl (C=O) groups is 2. The Hall–Kier alpha value is -1.90. The Kier molecular flexibility index (Phi) is 3.80. The zero-order chi connectivity index (χ0) is 11.3. The lowest BCUT2D eigenvalue weighted by molar-refractivity contribution is -0.124. The Labute approximate surface area is 88.8 Å². The molecule has 0 spiro atoms. The summed E-state index contributed by atoms with van der Waals surface area (Å²) in [5.74, 6) is -0.427. The van der Waals surface area contributed by atoms with Crippen LogP contribution in [0.4, 0.5) is 5.69 Å². The SMILES string of the molecule is C=Cc1ccc(NC(=O)CC(C)=O)cc1. The molecule has 0 aliphatic carbocycles. The molecule has 0 unspecified atom stereocenters. The van der Waals surface area contributed by atoms with Gasteiger partial charge in [0.2, 0.25) is 5.91 Å². The summed E-state index contributed by atoms with van der Waals surface area (Å²) in [5.41, 5.74) is 1.67. The van der Waals surface area contributed by atoms with E-state index in [1.165, 1.54) is 6.92 Å². The summed E-state index contributed by atoms with van der Waals surface area (Å²) >= 11 is 0. The summed E-state index contributed by atoms with van der Waals surface area (Å²) in [7, 11) is 0. The first-order chi connectivity index (χ1) is 7.11. The van der Waals surface area contributed by atoms with E-state index in [0.717, 1.165) is 5.56 Å². The maximum atomic E-state index is 11.2. The van der Waals surface area contributed by atoms with E-state index in [-0.39, 0.29) is 18.1 Å². The van der Waals surface area contributed by atoms with E-state index in [4.69, 9.17) is 0 Å². The average molecular weight is 203 g/mol. The largest absolute Gasteiger partial charge is 0.326 e. The van der Waals surface area contributed by atoms with E-state index in [1.807, 2.05) is 12.1 Å². The molecule has 1 N–H and O–H groups in total. The molecule has 1 aromatic rings. The number of Topliss-reactive ketones (excluding diaryl/α,β-unsaturated/α-hetero) is 1. The number of hydrogen-bond donors (Lipinski definition) is 1. The molecule has 3 nitrogen and oxygen atoms in total. The summed E-state index contributed by atoms with van der Waals surface area (Å²) in [6.45, 7) is 5.02. The Morgan fingerprint density at radius 3 is 2.40 bits per heavy atom. The molecule has 3 heteroatoms. The van der Waals surface area contributed by atoms with Crippen molar-refractivity contribution < 1.29 is 9.59 Å². The highest BCUT2D eigenvalue weighted by Gasteiger charge is 2.04. The van der Waals surface area contributed by atoms with E-state index < -0.39 is 0 Å². The molecule has 1 amide bonds. The number of ketones is 1. The van der Waals surface area contributed by atoms with Crippen molar-refractivity contribution in [3.63, 3.8) is 0 Å². The number of rotatable bonds is 4. The van der Waals surface area contributed by atoms with Gasteiger partial charge in [0.15, 0.2) is 0 Å². The van der Waals surface area contributed by atoms with E-state index in [9.17, 15) is 9.59 Å². The molecule has 0 saturated carbocycles. The van der Waals surface area contributed by atoms with Gasteiger partial charge in [0.1, 0.15) is 5.78 Å². The van der Waals surface area contributed by atoms with E-state index >= 15 is 0 Å². The third kappa shape index (κ3) is 3.77. The molecule has 15 heavy (non-hydrogen) atoms. The standard InChI is InChI=1S/C12H13NO2/c1-3-10-4-6-11(7-5-10)13-12(15)8-9(2)14/h3-7H,1,8H2,2H3,(H,13,15). The number of nitrogens with one attached hydrogen (secondary N) is 1. The molecule has 1 aromatic carbocycles. The molecule has 1 rings (SSSR count). The van der Waals surface area contributed by atoms with Gasteiger partial charge in [0, 0.05) is 5.69 Å². The Morgan fingerprint density at radius 2 is 1.93 bits per heavy atom. The van der Waals surface area contributed by atoms with Crippen LogP contribution in [0.3, 0.4) is 0 Å². The number of benzene rings is 1. The quantitative estimate of drug-likeness (QED) is 0.763. The van der Waals surface area contributed by atoms with Gasteiger partial charge in [-0.25, -0.2) is 0 Å². The minimum atomic E-state index is -0.283. The van der Waals surface area contributed by atoms with Crippen LogP contribution in [0.2, 0.25) is 0 Å². The molecule has 0 fully saturated rings. The van der Waals surface area contributed by atoms with Crippen molar-refractivity contribution in [1.82, 2.24) is 0 Å². The van der Waals surface area contributed by atoms with Crippen LogP contribution in [-0.2, 0) is 9.59 Å². The topological polar surface area (TPSA) is 46.2 Å². The van der Waals surface area contributed by atoms with Crippen molar-refractivity contribution in [2.75, 3.05) is 5.32 Å². The highest BCUT2D eigenvalue weighted by molar-refractivity contribution is 6.03. The summed E-state index contributed by atoms with van der Waals surface area (Å²) in [4.78, 5) is 21.9. The second-order valence-electron chi connectivity index (χ2n) is 3.25. The lowest BCUT2D eigenvalue weighted by atomic mass is 10.2. The van der Waals surface area contributed by atoms with E-state index in [0.29, 0.717) is 5.69 Å². The fourth-order valence-electron chi connectivity index (χ4n) is 1.13. The molecule has 0 radical (unpaired) electrons. The first-order valence-corrected chi connectivity index (χ1v) is 4.63. The molecule has 0 bridgehead atoms. The molecule has 0 aliphatic rings. The number of hydrogen-bond acceptors (Lipinski definition) is 2. The van der Waals surface area contributed by atoms with Gasteiger partial charge in [-0.1, -0.05) is 24.8 Å². The van der Waals surface area contributed by atoms with Crippen LogP contribution >= 0.6 is 0 Å². The molecule has 78 valence electrons. The molecule has 0 saturated heterocycles. The smallest absolute Gasteiger partial charge is 0.231 e. The van der Waals surface area contributed by atoms with Gasteiger partial charge in [-0.3, -0.25) is 9.59 Å². The van der Waals surface area contributed by atoms with Crippen LogP contribution in [-0.4, -0.2) is 11.7 Å². The number of amides is 1. The zero-order valence-electron chi connectivity index (χ0n) is 8.62. The van der Waals surface area contributed by atoms with Crippen LogP contribution in [0.25, 0.3) is 6.08 Å².